The first kappa shape index (κ1) is 12.6. The molecule has 0 spiro atoms. The van der Waals surface area contributed by atoms with E-state index in [1.165, 1.54) is 4.90 Å². The first-order valence-electron chi connectivity index (χ1n) is 6.00. The molecule has 18 heavy (non-hydrogen) atoms. The minimum absolute atomic E-state index is 0.130. The molecule has 3 N–H and O–H groups in total. The summed E-state index contributed by atoms with van der Waals surface area (Å²) in [6.45, 7) is 2.70. The van der Waals surface area contributed by atoms with E-state index in [2.05, 4.69) is 5.32 Å². The molecular weight excluding hydrogens is 230 g/mol. The molecular formula is C13H17N3O2. The Kier molecular flexibility index (Phi) is 3.62. The standard InChI is InChI=1S/C13H17N3O2/c1-9-12(17)15-7-8-16(9)13(18)11(14)10-5-3-2-4-6-10/h2-6,9,11H,7-8,14H2,1H3,(H,15,17)/t9?,11-/m0/s1. The van der Waals surface area contributed by atoms with Gasteiger partial charge in [0.25, 0.3) is 0 Å². The lowest BCUT2D eigenvalue weighted by molar-refractivity contribution is -0.143. The van der Waals surface area contributed by atoms with Gasteiger partial charge < -0.3 is 16.0 Å². The quantitative estimate of drug-likeness (QED) is 0.774. The van der Waals surface area contributed by atoms with Crippen molar-refractivity contribution in [3.05, 3.63) is 35.9 Å². The lowest BCUT2D eigenvalue weighted by Crippen LogP contribution is -2.57. The van der Waals surface area contributed by atoms with Crippen molar-refractivity contribution in [2.45, 2.75) is 19.0 Å². The molecule has 2 amide bonds. The average molecular weight is 247 g/mol. The van der Waals surface area contributed by atoms with Gasteiger partial charge in [-0.3, -0.25) is 9.59 Å². The highest BCUT2D eigenvalue weighted by Gasteiger charge is 2.32. The lowest BCUT2D eigenvalue weighted by atomic mass is 10.0. The Morgan fingerprint density at radius 1 is 1.44 bits per heavy atom. The van der Waals surface area contributed by atoms with E-state index in [9.17, 15) is 9.59 Å². The molecule has 96 valence electrons. The Morgan fingerprint density at radius 2 is 2.11 bits per heavy atom. The fourth-order valence-corrected chi connectivity index (χ4v) is 2.07. The van der Waals surface area contributed by atoms with Crippen molar-refractivity contribution >= 4 is 11.8 Å². The number of rotatable bonds is 2. The SMILES string of the molecule is CC1C(=O)NCCN1C(=O)[C@@H](N)c1ccccc1. The molecule has 0 radical (unpaired) electrons. The second-order valence-electron chi connectivity index (χ2n) is 4.39. The molecule has 1 aliphatic heterocycles. The van der Waals surface area contributed by atoms with Crippen LogP contribution in [0.3, 0.4) is 0 Å². The normalized spacial score (nSPS) is 21.3. The van der Waals surface area contributed by atoms with Crippen LogP contribution in [0.4, 0.5) is 0 Å². The zero-order valence-electron chi connectivity index (χ0n) is 10.3. The van der Waals surface area contributed by atoms with Gasteiger partial charge in [-0.2, -0.15) is 0 Å². The number of amides is 2. The third-order valence-electron chi connectivity index (χ3n) is 3.21. The summed E-state index contributed by atoms with van der Waals surface area (Å²) < 4.78 is 0. The molecule has 1 fully saturated rings. The van der Waals surface area contributed by atoms with E-state index in [-0.39, 0.29) is 11.8 Å². The van der Waals surface area contributed by atoms with E-state index in [4.69, 9.17) is 5.73 Å². The van der Waals surface area contributed by atoms with Crippen LogP contribution in [0, 0.1) is 0 Å². The number of carbonyl (C=O) groups is 2. The van der Waals surface area contributed by atoms with Gasteiger partial charge in [-0.15, -0.1) is 0 Å². The van der Waals surface area contributed by atoms with Crippen molar-refractivity contribution in [1.82, 2.24) is 10.2 Å². The molecule has 1 heterocycles. The maximum absolute atomic E-state index is 12.3. The molecule has 2 rings (SSSR count). The largest absolute Gasteiger partial charge is 0.353 e. The van der Waals surface area contributed by atoms with Gasteiger partial charge in [0.15, 0.2) is 0 Å². The molecule has 1 saturated heterocycles. The van der Waals surface area contributed by atoms with Crippen molar-refractivity contribution in [2.75, 3.05) is 13.1 Å². The van der Waals surface area contributed by atoms with E-state index in [1.807, 2.05) is 30.3 Å². The number of nitrogens with one attached hydrogen (secondary N) is 1. The smallest absolute Gasteiger partial charge is 0.244 e. The molecule has 1 unspecified atom stereocenters. The van der Waals surface area contributed by atoms with Crippen LogP contribution >= 0.6 is 0 Å². The third kappa shape index (κ3) is 2.36. The Bertz CT molecular complexity index is 447. The van der Waals surface area contributed by atoms with Crippen LogP contribution in [0.2, 0.25) is 0 Å². The first-order chi connectivity index (χ1) is 8.61. The molecule has 0 aliphatic carbocycles. The van der Waals surface area contributed by atoms with E-state index in [0.29, 0.717) is 13.1 Å². The van der Waals surface area contributed by atoms with Crippen molar-refractivity contribution in [3.63, 3.8) is 0 Å². The fourth-order valence-electron chi connectivity index (χ4n) is 2.07. The molecule has 0 bridgehead atoms. The van der Waals surface area contributed by atoms with Crippen LogP contribution in [-0.2, 0) is 9.59 Å². The topological polar surface area (TPSA) is 75.4 Å². The molecule has 1 aliphatic rings. The van der Waals surface area contributed by atoms with Crippen molar-refractivity contribution < 1.29 is 9.59 Å². The molecule has 1 aromatic carbocycles. The fraction of sp³-hybridized carbons (Fsp3) is 0.385. The van der Waals surface area contributed by atoms with Gasteiger partial charge in [0.1, 0.15) is 12.1 Å². The number of benzene rings is 1. The summed E-state index contributed by atoms with van der Waals surface area (Å²) in [5, 5.41) is 2.72. The zero-order chi connectivity index (χ0) is 13.1. The summed E-state index contributed by atoms with van der Waals surface area (Å²) in [5.41, 5.74) is 6.72. The summed E-state index contributed by atoms with van der Waals surface area (Å²) in [6.07, 6.45) is 0. The van der Waals surface area contributed by atoms with Crippen LogP contribution in [0.15, 0.2) is 30.3 Å². The summed E-state index contributed by atoms with van der Waals surface area (Å²) in [6, 6.07) is 8.02. The third-order valence-corrected chi connectivity index (χ3v) is 3.21. The lowest BCUT2D eigenvalue weighted by Gasteiger charge is -2.34. The van der Waals surface area contributed by atoms with E-state index >= 15 is 0 Å². The summed E-state index contributed by atoms with van der Waals surface area (Å²) in [7, 11) is 0. The molecule has 0 aromatic heterocycles. The van der Waals surface area contributed by atoms with Gasteiger partial charge in [-0.25, -0.2) is 0 Å². The number of hydrogen-bond acceptors (Lipinski definition) is 3. The van der Waals surface area contributed by atoms with Gasteiger partial charge in [-0.05, 0) is 12.5 Å². The highest BCUT2D eigenvalue weighted by atomic mass is 16.2. The van der Waals surface area contributed by atoms with Crippen LogP contribution < -0.4 is 11.1 Å². The Labute approximate surface area is 106 Å². The van der Waals surface area contributed by atoms with Crippen molar-refractivity contribution in [3.8, 4) is 0 Å². The van der Waals surface area contributed by atoms with Crippen molar-refractivity contribution in [2.24, 2.45) is 5.73 Å². The molecule has 0 saturated carbocycles. The second-order valence-corrected chi connectivity index (χ2v) is 4.39. The van der Waals surface area contributed by atoms with Crippen LogP contribution in [0.25, 0.3) is 0 Å². The highest BCUT2D eigenvalue weighted by Crippen LogP contribution is 2.15. The molecule has 1 aromatic rings. The van der Waals surface area contributed by atoms with Crippen molar-refractivity contribution in [1.29, 1.82) is 0 Å². The van der Waals surface area contributed by atoms with Gasteiger partial charge in [0.05, 0.1) is 0 Å². The summed E-state index contributed by atoms with van der Waals surface area (Å²) >= 11 is 0. The predicted octanol–water partition coefficient (Wildman–Crippen LogP) is 0.0333. The average Bonchev–Trinajstić information content (AvgIpc) is 2.41. The summed E-state index contributed by atoms with van der Waals surface area (Å²) in [4.78, 5) is 25.3. The number of carbonyl (C=O) groups excluding carboxylic acids is 2. The van der Waals surface area contributed by atoms with E-state index in [0.717, 1.165) is 5.56 Å². The maximum Gasteiger partial charge on any atom is 0.244 e. The van der Waals surface area contributed by atoms with Gasteiger partial charge in [0, 0.05) is 13.1 Å². The summed E-state index contributed by atoms with van der Waals surface area (Å²) in [5.74, 6) is -0.335. The Hall–Kier alpha value is -1.88. The number of piperazine rings is 1. The van der Waals surface area contributed by atoms with Gasteiger partial charge in [-0.1, -0.05) is 30.3 Å². The Balaban J connectivity index is 2.14. The minimum atomic E-state index is -0.709. The number of hydrogen-bond donors (Lipinski definition) is 2. The zero-order valence-corrected chi connectivity index (χ0v) is 10.3. The Morgan fingerprint density at radius 3 is 2.78 bits per heavy atom. The molecule has 5 heteroatoms. The molecule has 5 nitrogen and oxygen atoms in total. The van der Waals surface area contributed by atoms with Gasteiger partial charge in [0.2, 0.25) is 11.8 Å². The van der Waals surface area contributed by atoms with E-state index < -0.39 is 12.1 Å². The predicted molar refractivity (Wildman–Crippen MR) is 67.6 cm³/mol. The van der Waals surface area contributed by atoms with E-state index in [1.54, 1.807) is 6.92 Å². The van der Waals surface area contributed by atoms with Gasteiger partial charge >= 0.3 is 0 Å². The minimum Gasteiger partial charge on any atom is -0.353 e. The number of nitrogens with two attached hydrogens (primary N) is 1. The highest BCUT2D eigenvalue weighted by molar-refractivity contribution is 5.91. The van der Waals surface area contributed by atoms with Crippen LogP contribution in [0.1, 0.15) is 18.5 Å². The van der Waals surface area contributed by atoms with Crippen LogP contribution in [-0.4, -0.2) is 35.8 Å². The molecule has 2 atom stereocenters. The monoisotopic (exact) mass is 247 g/mol. The van der Waals surface area contributed by atoms with Crippen LogP contribution in [0.5, 0.6) is 0 Å². The second kappa shape index (κ2) is 5.18. The maximum atomic E-state index is 12.3. The first-order valence-corrected chi connectivity index (χ1v) is 6.00. The number of nitrogens with zero attached hydrogens (tertiary/aromatic N) is 1.